The number of hydrogen-bond donors (Lipinski definition) is 3. The largest absolute Gasteiger partial charge is 0.462 e. The Balaban J connectivity index is 2.13. The van der Waals surface area contributed by atoms with Gasteiger partial charge in [0, 0.05) is 14.1 Å². The molecule has 0 spiro atoms. The van der Waals surface area contributed by atoms with Crippen LogP contribution in [0.4, 0.5) is 16.2 Å². The molecule has 0 saturated heterocycles. The number of fused-ring (bicyclic) bond motifs is 1. The number of aliphatic hydroxyl groups is 1. The van der Waals surface area contributed by atoms with E-state index in [1.807, 2.05) is 0 Å². The molecule has 2 rings (SSSR count). The van der Waals surface area contributed by atoms with E-state index in [2.05, 4.69) is 20.0 Å². The van der Waals surface area contributed by atoms with Crippen LogP contribution >= 0.6 is 8.18 Å². The molecule has 2 aromatic rings. The van der Waals surface area contributed by atoms with Gasteiger partial charge in [0.15, 0.2) is 17.0 Å². The van der Waals surface area contributed by atoms with Gasteiger partial charge in [-0.15, -0.1) is 0 Å². The summed E-state index contributed by atoms with van der Waals surface area (Å²) in [5.74, 6) is -2.92. The first kappa shape index (κ1) is 27.9. The van der Waals surface area contributed by atoms with Crippen molar-refractivity contribution in [1.82, 2.24) is 24.6 Å². The summed E-state index contributed by atoms with van der Waals surface area (Å²) in [7, 11) is 0.451. The van der Waals surface area contributed by atoms with Gasteiger partial charge < -0.3 is 29.7 Å². The Kier molecular flexibility index (Phi) is 9.31. The number of nitrogens with two attached hydrogens (primary N) is 1. The van der Waals surface area contributed by atoms with Crippen LogP contribution in [-0.2, 0) is 23.4 Å². The zero-order valence-corrected chi connectivity index (χ0v) is 21.3. The Bertz CT molecular complexity index is 1020. The number of aliphatic hydroxyl groups excluding tert-OH is 1. The Hall–Kier alpha value is -2.38. The lowest BCUT2D eigenvalue weighted by Crippen LogP contribution is -2.44. The highest BCUT2D eigenvalue weighted by Crippen LogP contribution is 2.31. The number of hydrogen-bond acceptors (Lipinski definition) is 11. The van der Waals surface area contributed by atoms with E-state index in [4.69, 9.17) is 19.7 Å². The van der Waals surface area contributed by atoms with Crippen LogP contribution in [0.2, 0.25) is 0 Å². The molecule has 0 aliphatic heterocycles. The quantitative estimate of drug-likeness (QED) is 0.281. The normalized spacial score (nSPS) is 17.2. The Morgan fingerprint density at radius 1 is 1.32 bits per heavy atom. The van der Waals surface area contributed by atoms with Gasteiger partial charge in [-0.25, -0.2) is 14.5 Å². The molecule has 0 radical (unpaired) electrons. The summed E-state index contributed by atoms with van der Waals surface area (Å²) in [6.45, 7) is 6.59. The standard InChI is InChI=1S/C19H33FN7O6P/c1-10(2)32-17(29)11(3)25-34(30)31-8-19(20,12(4)28)33-13(5)27-9-22-14-15(26(6)7)23-18(21)24-16(14)27/h9-13,28,34H,8H2,1-7H3,(H,25,30)(H2,21,23,24)/t11-,12?,13+,19+/m0/s1. The Labute approximate surface area is 197 Å². The first-order valence-corrected chi connectivity index (χ1v) is 11.9. The molecule has 0 aliphatic rings. The molecule has 0 amide bonds. The number of carbonyl (C=O) groups is 1. The highest BCUT2D eigenvalue weighted by molar-refractivity contribution is 7.36. The first-order chi connectivity index (χ1) is 15.7. The van der Waals surface area contributed by atoms with Crippen LogP contribution in [0.15, 0.2) is 6.33 Å². The molecule has 192 valence electrons. The third-order valence-electron chi connectivity index (χ3n) is 4.67. The summed E-state index contributed by atoms with van der Waals surface area (Å²) in [4.78, 5) is 26.1. The molecule has 0 fully saturated rings. The van der Waals surface area contributed by atoms with Gasteiger partial charge in [-0.1, -0.05) is 0 Å². The number of nitrogens with one attached hydrogen (secondary N) is 1. The predicted octanol–water partition coefficient (Wildman–Crippen LogP) is 1.39. The molecule has 2 unspecified atom stereocenters. The van der Waals surface area contributed by atoms with Crippen LogP contribution in [-0.4, -0.2) is 75.4 Å². The van der Waals surface area contributed by atoms with Gasteiger partial charge in [0.05, 0.1) is 12.4 Å². The number of alkyl halides is 1. The lowest BCUT2D eigenvalue weighted by atomic mass is 10.2. The molecule has 2 heterocycles. The number of anilines is 2. The zero-order valence-electron chi connectivity index (χ0n) is 20.3. The van der Waals surface area contributed by atoms with Crippen molar-refractivity contribution in [3.05, 3.63) is 6.33 Å². The smallest absolute Gasteiger partial charge is 0.323 e. The summed E-state index contributed by atoms with van der Waals surface area (Å²) in [5, 5.41) is 12.5. The van der Waals surface area contributed by atoms with Crippen molar-refractivity contribution in [1.29, 1.82) is 0 Å². The van der Waals surface area contributed by atoms with Crippen molar-refractivity contribution in [3.8, 4) is 0 Å². The minimum Gasteiger partial charge on any atom is -0.462 e. The van der Waals surface area contributed by atoms with Crippen LogP contribution in [0.1, 0.15) is 40.8 Å². The van der Waals surface area contributed by atoms with Gasteiger partial charge in [-0.05, 0) is 34.6 Å². The number of esters is 1. The number of aromatic nitrogens is 4. The average Bonchev–Trinajstić information content (AvgIpc) is 3.14. The summed E-state index contributed by atoms with van der Waals surface area (Å²) in [6, 6.07) is -0.942. The molecule has 4 N–H and O–H groups in total. The third kappa shape index (κ3) is 6.83. The average molecular weight is 505 g/mol. The summed E-state index contributed by atoms with van der Waals surface area (Å²) < 4.78 is 44.7. The maximum absolute atomic E-state index is 15.5. The van der Waals surface area contributed by atoms with Crippen molar-refractivity contribution < 1.29 is 32.9 Å². The molecule has 5 atom stereocenters. The molecule has 2 aromatic heterocycles. The maximum atomic E-state index is 15.5. The molecule has 13 nitrogen and oxygen atoms in total. The molecule has 0 aliphatic carbocycles. The van der Waals surface area contributed by atoms with Gasteiger partial charge in [-0.2, -0.15) is 9.97 Å². The monoisotopic (exact) mass is 505 g/mol. The predicted molar refractivity (Wildman–Crippen MR) is 124 cm³/mol. The minimum atomic E-state index is -3.07. The van der Waals surface area contributed by atoms with E-state index < -0.39 is 45.0 Å². The fraction of sp³-hybridized carbons (Fsp3) is 0.684. The molecule has 15 heteroatoms. The second kappa shape index (κ2) is 11.4. The Morgan fingerprint density at radius 3 is 2.53 bits per heavy atom. The molecule has 34 heavy (non-hydrogen) atoms. The van der Waals surface area contributed by atoms with Gasteiger partial charge in [0.2, 0.25) is 5.95 Å². The maximum Gasteiger partial charge on any atom is 0.323 e. The molecule has 0 saturated carbocycles. The highest BCUT2D eigenvalue weighted by Gasteiger charge is 2.40. The number of ether oxygens (including phenoxy) is 2. The van der Waals surface area contributed by atoms with Crippen molar-refractivity contribution in [3.63, 3.8) is 0 Å². The van der Waals surface area contributed by atoms with E-state index in [0.717, 1.165) is 0 Å². The van der Waals surface area contributed by atoms with Gasteiger partial charge in [-0.3, -0.25) is 13.9 Å². The number of carbonyl (C=O) groups excluding carboxylic acids is 1. The second-order valence-electron chi connectivity index (χ2n) is 8.23. The van der Waals surface area contributed by atoms with Crippen molar-refractivity contribution >= 4 is 37.1 Å². The molecular formula is C19H33FN7O6P. The highest BCUT2D eigenvalue weighted by atomic mass is 31.1. The fourth-order valence-corrected chi connectivity index (χ4v) is 3.75. The van der Waals surface area contributed by atoms with E-state index >= 15 is 4.39 Å². The summed E-state index contributed by atoms with van der Waals surface area (Å²) in [6.07, 6.45) is -1.64. The van der Waals surface area contributed by atoms with Crippen LogP contribution in [0.25, 0.3) is 11.2 Å². The Morgan fingerprint density at radius 2 is 1.97 bits per heavy atom. The SMILES string of the molecule is CC(C)OC(=O)[C@H](C)N[PH](=O)OC[C@@](F)(O[C@H](C)n1cnc2c(N(C)C)nc(N)nc21)C(C)O. The molecule has 0 bridgehead atoms. The van der Waals surface area contributed by atoms with Crippen molar-refractivity contribution in [2.75, 3.05) is 31.3 Å². The van der Waals surface area contributed by atoms with E-state index in [9.17, 15) is 14.5 Å². The van der Waals surface area contributed by atoms with Crippen LogP contribution in [0.5, 0.6) is 0 Å². The summed E-state index contributed by atoms with van der Waals surface area (Å²) >= 11 is 0. The van der Waals surface area contributed by atoms with Crippen LogP contribution in [0.3, 0.4) is 0 Å². The van der Waals surface area contributed by atoms with E-state index in [1.165, 1.54) is 31.7 Å². The van der Waals surface area contributed by atoms with Crippen molar-refractivity contribution in [2.24, 2.45) is 0 Å². The van der Waals surface area contributed by atoms with E-state index in [0.29, 0.717) is 17.0 Å². The van der Waals surface area contributed by atoms with Gasteiger partial charge in [0.1, 0.15) is 25.0 Å². The van der Waals surface area contributed by atoms with Crippen LogP contribution in [0, 0.1) is 0 Å². The lowest BCUT2D eigenvalue weighted by Gasteiger charge is -2.31. The fourth-order valence-electron chi connectivity index (χ4n) is 2.87. The topological polar surface area (TPSA) is 167 Å². The molecular weight excluding hydrogens is 472 g/mol. The van der Waals surface area contributed by atoms with Crippen LogP contribution < -0.4 is 15.7 Å². The summed E-state index contributed by atoms with van der Waals surface area (Å²) in [5.41, 5.74) is 6.52. The van der Waals surface area contributed by atoms with Gasteiger partial charge in [0.25, 0.3) is 14.0 Å². The van der Waals surface area contributed by atoms with Gasteiger partial charge >= 0.3 is 5.97 Å². The van der Waals surface area contributed by atoms with E-state index in [1.54, 1.807) is 32.8 Å². The van der Waals surface area contributed by atoms with Crippen molar-refractivity contribution in [2.45, 2.75) is 65.0 Å². The minimum absolute atomic E-state index is 0.00898. The lowest BCUT2D eigenvalue weighted by molar-refractivity contribution is -0.252. The van der Waals surface area contributed by atoms with E-state index in [-0.39, 0.29) is 12.1 Å². The number of nitrogen functional groups attached to an aromatic ring is 1. The second-order valence-corrected chi connectivity index (χ2v) is 9.38. The first-order valence-electron chi connectivity index (χ1n) is 10.6. The molecule has 0 aromatic carbocycles. The number of rotatable bonds is 12. The third-order valence-corrected chi connectivity index (χ3v) is 5.74. The zero-order chi connectivity index (χ0) is 25.8. The number of imidazole rings is 1. The number of nitrogens with zero attached hydrogens (tertiary/aromatic N) is 5. The number of halogens is 1.